The van der Waals surface area contributed by atoms with Gasteiger partial charge in [-0.1, -0.05) is 25.0 Å². The molecule has 1 saturated carbocycles. The van der Waals surface area contributed by atoms with E-state index in [1.165, 1.54) is 0 Å². The van der Waals surface area contributed by atoms with Crippen LogP contribution in [-0.2, 0) is 0 Å². The lowest BCUT2D eigenvalue weighted by atomic mass is 9.94. The van der Waals surface area contributed by atoms with E-state index in [0.717, 1.165) is 53.3 Å². The molecule has 3 heteroatoms. The van der Waals surface area contributed by atoms with Crippen molar-refractivity contribution in [2.75, 3.05) is 0 Å². The maximum Gasteiger partial charge on any atom is 0.227 e. The van der Waals surface area contributed by atoms with E-state index in [0.29, 0.717) is 28.5 Å². The Morgan fingerprint density at radius 1 is 1.12 bits per heavy atom. The Morgan fingerprint density at radius 2 is 2.00 bits per heavy atom. The number of nitrogens with zero attached hydrogens (tertiary/aromatic N) is 2. The van der Waals surface area contributed by atoms with Gasteiger partial charge in [0.15, 0.2) is 0 Å². The zero-order valence-electron chi connectivity index (χ0n) is 17.7. The Morgan fingerprint density at radius 3 is 2.85 bits per heavy atom. The van der Waals surface area contributed by atoms with Gasteiger partial charge >= 0.3 is 0 Å². The number of aryl methyl sites for hydroxylation is 2. The van der Waals surface area contributed by atoms with Crippen LogP contribution in [0.4, 0.5) is 0 Å². The van der Waals surface area contributed by atoms with Gasteiger partial charge in [-0.2, -0.15) is 0 Å². The summed E-state index contributed by atoms with van der Waals surface area (Å²) in [4.78, 5) is 9.17. The van der Waals surface area contributed by atoms with Crippen LogP contribution in [0.25, 0.3) is 33.3 Å². The second-order valence-corrected chi connectivity index (χ2v) is 7.23. The average Bonchev–Trinajstić information content (AvgIpc) is 3.34. The fourth-order valence-corrected chi connectivity index (χ4v) is 4.15. The van der Waals surface area contributed by atoms with Crippen molar-refractivity contribution in [1.29, 1.82) is 0 Å². The molecule has 0 N–H and O–H groups in total. The lowest BCUT2D eigenvalue weighted by Crippen LogP contribution is -1.98. The number of rotatable bonds is 2. The third kappa shape index (κ3) is 2.42. The molecule has 0 aliphatic heterocycles. The predicted molar refractivity (Wildman–Crippen MR) is 105 cm³/mol. The summed E-state index contributed by atoms with van der Waals surface area (Å²) in [6.07, 6.45) is 6.15. The minimum atomic E-state index is -2.17. The topological polar surface area (TPSA) is 38.9 Å². The van der Waals surface area contributed by atoms with Crippen LogP contribution in [0.15, 0.2) is 47.0 Å². The van der Waals surface area contributed by atoms with Crippen molar-refractivity contribution in [2.45, 2.75) is 45.4 Å². The van der Waals surface area contributed by atoms with Gasteiger partial charge < -0.3 is 4.42 Å². The summed E-state index contributed by atoms with van der Waals surface area (Å²) in [7, 11) is 0. The van der Waals surface area contributed by atoms with Gasteiger partial charge in [0.2, 0.25) is 5.71 Å². The van der Waals surface area contributed by atoms with E-state index < -0.39 is 6.85 Å². The summed E-state index contributed by atoms with van der Waals surface area (Å²) < 4.78 is 30.3. The number of aromatic nitrogens is 2. The fourth-order valence-electron chi connectivity index (χ4n) is 4.15. The second kappa shape index (κ2) is 5.94. The van der Waals surface area contributed by atoms with Crippen LogP contribution in [0.5, 0.6) is 0 Å². The quantitative estimate of drug-likeness (QED) is 0.427. The first-order chi connectivity index (χ1) is 13.9. The molecule has 3 aromatic heterocycles. The van der Waals surface area contributed by atoms with Crippen LogP contribution in [0.3, 0.4) is 0 Å². The first-order valence-electron chi connectivity index (χ1n) is 10.7. The molecule has 5 rings (SSSR count). The SMILES string of the molecule is [2H]C([2H])([2H])c1cc(-c2cccc3c2oc2nc(C)ccc23)ncc1C1CCCC1. The van der Waals surface area contributed by atoms with Gasteiger partial charge in [-0.3, -0.25) is 4.98 Å². The van der Waals surface area contributed by atoms with E-state index in [-0.39, 0.29) is 0 Å². The Labute approximate surface area is 157 Å². The number of para-hydroxylation sites is 1. The molecule has 26 heavy (non-hydrogen) atoms. The molecule has 130 valence electrons. The molecule has 0 bridgehead atoms. The Bertz CT molecular complexity index is 1220. The van der Waals surface area contributed by atoms with Crippen LogP contribution in [-0.4, -0.2) is 9.97 Å². The van der Waals surface area contributed by atoms with Gasteiger partial charge in [0, 0.05) is 32.3 Å². The molecule has 0 spiro atoms. The van der Waals surface area contributed by atoms with Crippen molar-refractivity contribution in [3.63, 3.8) is 0 Å². The zero-order chi connectivity index (χ0) is 20.2. The molecule has 0 unspecified atom stereocenters. The van der Waals surface area contributed by atoms with Crippen molar-refractivity contribution < 1.29 is 8.53 Å². The Hall–Kier alpha value is -2.68. The smallest absolute Gasteiger partial charge is 0.227 e. The predicted octanol–water partition coefficient (Wildman–Crippen LogP) is 6.32. The molecule has 1 aliphatic rings. The van der Waals surface area contributed by atoms with Crippen LogP contribution in [0.2, 0.25) is 0 Å². The van der Waals surface area contributed by atoms with Gasteiger partial charge in [0.1, 0.15) is 5.58 Å². The number of furan rings is 1. The Balaban J connectivity index is 1.71. The van der Waals surface area contributed by atoms with Crippen molar-refractivity contribution in [1.82, 2.24) is 9.97 Å². The van der Waals surface area contributed by atoms with Crippen molar-refractivity contribution in [3.05, 3.63) is 59.4 Å². The molecule has 3 nitrogen and oxygen atoms in total. The number of hydrogen-bond acceptors (Lipinski definition) is 3. The Kier molecular flexibility index (Phi) is 2.89. The molecule has 0 saturated heterocycles. The summed E-state index contributed by atoms with van der Waals surface area (Å²) in [6.45, 7) is -0.241. The number of fused-ring (bicyclic) bond motifs is 3. The van der Waals surface area contributed by atoms with Crippen LogP contribution in [0.1, 0.15) is 52.5 Å². The van der Waals surface area contributed by atoms with Crippen LogP contribution >= 0.6 is 0 Å². The minimum Gasteiger partial charge on any atom is -0.437 e. The molecule has 0 radical (unpaired) electrons. The number of hydrogen-bond donors (Lipinski definition) is 0. The van der Waals surface area contributed by atoms with E-state index in [2.05, 4.69) is 9.97 Å². The van der Waals surface area contributed by atoms with Gasteiger partial charge in [-0.05, 0) is 67.9 Å². The molecule has 4 aromatic rings. The summed E-state index contributed by atoms with van der Waals surface area (Å²) in [6, 6.07) is 11.6. The third-order valence-electron chi connectivity index (χ3n) is 5.51. The highest BCUT2D eigenvalue weighted by Gasteiger charge is 2.20. The van der Waals surface area contributed by atoms with E-state index in [4.69, 9.17) is 8.53 Å². The molecular weight excluding hydrogens is 320 g/mol. The number of benzene rings is 1. The molecule has 1 aliphatic carbocycles. The van der Waals surface area contributed by atoms with Crippen LogP contribution < -0.4 is 0 Å². The van der Waals surface area contributed by atoms with Crippen LogP contribution in [0, 0.1) is 13.8 Å². The van der Waals surface area contributed by atoms with Crippen molar-refractivity contribution >= 4 is 22.1 Å². The summed E-state index contributed by atoms with van der Waals surface area (Å²) in [5.74, 6) is 0.293. The largest absolute Gasteiger partial charge is 0.437 e. The monoisotopic (exact) mass is 345 g/mol. The first-order valence-corrected chi connectivity index (χ1v) is 9.21. The van der Waals surface area contributed by atoms with E-state index >= 15 is 0 Å². The number of pyridine rings is 2. The zero-order valence-corrected chi connectivity index (χ0v) is 14.7. The molecule has 0 atom stereocenters. The second-order valence-electron chi connectivity index (χ2n) is 7.23. The highest BCUT2D eigenvalue weighted by atomic mass is 16.3. The van der Waals surface area contributed by atoms with Crippen molar-refractivity contribution in [2.24, 2.45) is 0 Å². The summed E-state index contributed by atoms with van der Waals surface area (Å²) >= 11 is 0. The lowest BCUT2D eigenvalue weighted by Gasteiger charge is -2.13. The standard InChI is InChI=1S/C23H22N2O/c1-14-12-21(24-13-20(14)16-6-3-4-7-16)19-9-5-8-17-18-11-10-15(2)25-23(18)26-22(17)19/h5,8-13,16H,3-4,6-7H2,1-2H3/i1D3. The van der Waals surface area contributed by atoms with E-state index in [9.17, 15) is 0 Å². The first kappa shape index (κ1) is 12.6. The minimum absolute atomic E-state index is 0.293. The fraction of sp³-hybridized carbons (Fsp3) is 0.304. The lowest BCUT2D eigenvalue weighted by molar-refractivity contribution is 0.653. The van der Waals surface area contributed by atoms with E-state index in [1.807, 2.05) is 37.3 Å². The molecule has 3 heterocycles. The highest BCUT2D eigenvalue weighted by molar-refractivity contribution is 6.08. The molecule has 1 aromatic carbocycles. The maximum atomic E-state index is 8.08. The average molecular weight is 345 g/mol. The summed E-state index contributed by atoms with van der Waals surface area (Å²) in [5.41, 5.74) is 4.88. The normalized spacial score (nSPS) is 17.5. The maximum absolute atomic E-state index is 8.08. The molecule has 0 amide bonds. The highest BCUT2D eigenvalue weighted by Crippen LogP contribution is 2.38. The van der Waals surface area contributed by atoms with Gasteiger partial charge in [-0.15, -0.1) is 0 Å². The van der Waals surface area contributed by atoms with E-state index in [1.54, 1.807) is 12.3 Å². The van der Waals surface area contributed by atoms with Gasteiger partial charge in [0.25, 0.3) is 0 Å². The summed E-state index contributed by atoms with van der Waals surface area (Å²) in [5, 5.41) is 1.91. The van der Waals surface area contributed by atoms with Gasteiger partial charge in [-0.25, -0.2) is 4.98 Å². The third-order valence-corrected chi connectivity index (χ3v) is 5.51. The van der Waals surface area contributed by atoms with Gasteiger partial charge in [0.05, 0.1) is 5.69 Å². The molecular formula is C23H22N2O. The van der Waals surface area contributed by atoms with Crippen molar-refractivity contribution in [3.8, 4) is 11.3 Å². The molecule has 1 fully saturated rings.